The molecule has 1 fully saturated rings. The van der Waals surface area contributed by atoms with Gasteiger partial charge in [-0.3, -0.25) is 4.79 Å². The van der Waals surface area contributed by atoms with E-state index in [2.05, 4.69) is 12.2 Å². The lowest BCUT2D eigenvalue weighted by molar-refractivity contribution is -0.129. The van der Waals surface area contributed by atoms with E-state index < -0.39 is 0 Å². The van der Waals surface area contributed by atoms with Gasteiger partial charge in [0.2, 0.25) is 5.91 Å². The van der Waals surface area contributed by atoms with Crippen LogP contribution in [-0.4, -0.2) is 50.7 Å². The first-order valence-electron chi connectivity index (χ1n) is 5.71. The smallest absolute Gasteiger partial charge is 0.236 e. The minimum atomic E-state index is 0.233. The van der Waals surface area contributed by atoms with Crippen LogP contribution in [0, 0.1) is 5.92 Å². The molecular formula is C11H22N2O2. The van der Waals surface area contributed by atoms with Gasteiger partial charge in [-0.25, -0.2) is 0 Å². The summed E-state index contributed by atoms with van der Waals surface area (Å²) in [6.07, 6.45) is 2.32. The van der Waals surface area contributed by atoms with Crippen molar-refractivity contribution < 1.29 is 9.53 Å². The number of amides is 1. The summed E-state index contributed by atoms with van der Waals surface area (Å²) in [5.41, 5.74) is 0. The zero-order valence-corrected chi connectivity index (χ0v) is 9.79. The molecule has 4 nitrogen and oxygen atoms in total. The number of carbonyl (C=O) groups excluding carboxylic acids is 1. The molecule has 1 aliphatic rings. The van der Waals surface area contributed by atoms with E-state index in [1.54, 1.807) is 7.11 Å². The Labute approximate surface area is 92.0 Å². The van der Waals surface area contributed by atoms with Gasteiger partial charge >= 0.3 is 0 Å². The Hall–Kier alpha value is -0.610. The summed E-state index contributed by atoms with van der Waals surface area (Å²) >= 11 is 0. The van der Waals surface area contributed by atoms with Gasteiger partial charge in [0.1, 0.15) is 0 Å². The molecular weight excluding hydrogens is 192 g/mol. The van der Waals surface area contributed by atoms with Crippen LogP contribution in [0.25, 0.3) is 0 Å². The minimum Gasteiger partial charge on any atom is -0.384 e. The number of hydrogen-bond donors (Lipinski definition) is 1. The number of hydrogen-bond acceptors (Lipinski definition) is 3. The van der Waals surface area contributed by atoms with Crippen LogP contribution in [0.3, 0.4) is 0 Å². The van der Waals surface area contributed by atoms with Gasteiger partial charge < -0.3 is 15.0 Å². The van der Waals surface area contributed by atoms with Crippen molar-refractivity contribution >= 4 is 5.91 Å². The van der Waals surface area contributed by atoms with E-state index >= 15 is 0 Å². The molecule has 1 aliphatic heterocycles. The fourth-order valence-electron chi connectivity index (χ4n) is 1.85. The molecule has 0 spiro atoms. The molecule has 1 unspecified atom stereocenters. The minimum absolute atomic E-state index is 0.233. The molecule has 1 N–H and O–H groups in total. The van der Waals surface area contributed by atoms with E-state index in [0.717, 1.165) is 39.1 Å². The molecule has 1 amide bonds. The lowest BCUT2D eigenvalue weighted by Crippen LogP contribution is -2.38. The number of rotatable bonds is 6. The van der Waals surface area contributed by atoms with Crippen molar-refractivity contribution in [2.24, 2.45) is 5.92 Å². The van der Waals surface area contributed by atoms with Gasteiger partial charge in [-0.15, -0.1) is 0 Å². The normalized spacial score (nSPS) is 18.1. The Morgan fingerprint density at radius 2 is 2.13 bits per heavy atom. The molecule has 1 rings (SSSR count). The summed E-state index contributed by atoms with van der Waals surface area (Å²) in [5, 5.41) is 3.18. The van der Waals surface area contributed by atoms with Gasteiger partial charge in [-0.2, -0.15) is 0 Å². The van der Waals surface area contributed by atoms with Crippen LogP contribution in [0.1, 0.15) is 19.8 Å². The lowest BCUT2D eigenvalue weighted by Gasteiger charge is -2.16. The molecule has 0 aliphatic carbocycles. The predicted octanol–water partition coefficient (Wildman–Crippen LogP) is 0.481. The van der Waals surface area contributed by atoms with Crippen LogP contribution >= 0.6 is 0 Å². The topological polar surface area (TPSA) is 41.6 Å². The predicted molar refractivity (Wildman–Crippen MR) is 59.7 cm³/mol. The molecule has 0 radical (unpaired) electrons. The summed E-state index contributed by atoms with van der Waals surface area (Å²) < 4.78 is 5.03. The fourth-order valence-corrected chi connectivity index (χ4v) is 1.85. The summed E-state index contributed by atoms with van der Waals surface area (Å²) in [7, 11) is 1.70. The molecule has 1 saturated heterocycles. The maximum Gasteiger partial charge on any atom is 0.236 e. The maximum absolute atomic E-state index is 11.6. The Kier molecular flexibility index (Phi) is 5.65. The monoisotopic (exact) mass is 214 g/mol. The SMILES string of the molecule is COCC(C)CNCC(=O)N1CCCC1. The zero-order valence-electron chi connectivity index (χ0n) is 9.79. The van der Waals surface area contributed by atoms with Crippen LogP contribution < -0.4 is 5.32 Å². The highest BCUT2D eigenvalue weighted by atomic mass is 16.5. The summed E-state index contributed by atoms with van der Waals surface area (Å²) in [6, 6.07) is 0. The first-order chi connectivity index (χ1) is 7.24. The number of methoxy groups -OCH3 is 1. The van der Waals surface area contributed by atoms with Crippen molar-refractivity contribution in [1.29, 1.82) is 0 Å². The van der Waals surface area contributed by atoms with Crippen molar-refractivity contribution in [3.8, 4) is 0 Å². The van der Waals surface area contributed by atoms with Crippen LogP contribution in [-0.2, 0) is 9.53 Å². The fraction of sp³-hybridized carbons (Fsp3) is 0.909. The number of nitrogens with one attached hydrogen (secondary N) is 1. The van der Waals surface area contributed by atoms with Crippen LogP contribution in [0.2, 0.25) is 0 Å². The molecule has 1 heterocycles. The van der Waals surface area contributed by atoms with E-state index in [0.29, 0.717) is 12.5 Å². The van der Waals surface area contributed by atoms with Gasteiger partial charge in [0.25, 0.3) is 0 Å². The van der Waals surface area contributed by atoms with Crippen molar-refractivity contribution in [2.75, 3.05) is 39.9 Å². The van der Waals surface area contributed by atoms with Crippen molar-refractivity contribution in [2.45, 2.75) is 19.8 Å². The van der Waals surface area contributed by atoms with E-state index in [1.807, 2.05) is 4.90 Å². The second kappa shape index (κ2) is 6.80. The molecule has 0 bridgehead atoms. The number of nitrogens with zero attached hydrogens (tertiary/aromatic N) is 1. The van der Waals surface area contributed by atoms with Crippen molar-refractivity contribution in [1.82, 2.24) is 10.2 Å². The van der Waals surface area contributed by atoms with Crippen LogP contribution in [0.4, 0.5) is 0 Å². The van der Waals surface area contributed by atoms with Crippen LogP contribution in [0.15, 0.2) is 0 Å². The molecule has 4 heteroatoms. The highest BCUT2D eigenvalue weighted by molar-refractivity contribution is 5.78. The summed E-state index contributed by atoms with van der Waals surface area (Å²) in [6.45, 7) is 6.03. The average Bonchev–Trinajstić information content (AvgIpc) is 2.70. The maximum atomic E-state index is 11.6. The van der Waals surface area contributed by atoms with Gasteiger partial charge in [0.05, 0.1) is 6.54 Å². The third kappa shape index (κ3) is 4.62. The zero-order chi connectivity index (χ0) is 11.1. The van der Waals surface area contributed by atoms with E-state index in [4.69, 9.17) is 4.74 Å². The molecule has 88 valence electrons. The molecule has 0 saturated carbocycles. The molecule has 0 aromatic heterocycles. The summed E-state index contributed by atoms with van der Waals surface area (Å²) in [4.78, 5) is 13.6. The molecule has 0 aromatic carbocycles. The van der Waals surface area contributed by atoms with Gasteiger partial charge in [0.15, 0.2) is 0 Å². The third-order valence-electron chi connectivity index (χ3n) is 2.68. The van der Waals surface area contributed by atoms with Crippen molar-refractivity contribution in [3.63, 3.8) is 0 Å². The van der Waals surface area contributed by atoms with Crippen molar-refractivity contribution in [3.05, 3.63) is 0 Å². The number of carbonyl (C=O) groups is 1. The Morgan fingerprint density at radius 1 is 1.47 bits per heavy atom. The second-order valence-corrected chi connectivity index (χ2v) is 4.28. The highest BCUT2D eigenvalue weighted by Crippen LogP contribution is 2.06. The van der Waals surface area contributed by atoms with Gasteiger partial charge in [-0.05, 0) is 18.8 Å². The third-order valence-corrected chi connectivity index (χ3v) is 2.68. The first-order valence-corrected chi connectivity index (χ1v) is 5.71. The van der Waals surface area contributed by atoms with E-state index in [-0.39, 0.29) is 5.91 Å². The van der Waals surface area contributed by atoms with E-state index in [9.17, 15) is 4.79 Å². The van der Waals surface area contributed by atoms with Gasteiger partial charge in [0, 0.05) is 33.4 Å². The molecule has 0 aromatic rings. The second-order valence-electron chi connectivity index (χ2n) is 4.28. The largest absolute Gasteiger partial charge is 0.384 e. The first kappa shape index (κ1) is 12.5. The Morgan fingerprint density at radius 3 is 2.73 bits per heavy atom. The Balaban J connectivity index is 2.06. The van der Waals surface area contributed by atoms with Gasteiger partial charge in [-0.1, -0.05) is 6.92 Å². The quantitative estimate of drug-likeness (QED) is 0.699. The average molecular weight is 214 g/mol. The molecule has 1 atom stereocenters. The standard InChI is InChI=1S/C11H22N2O2/c1-10(9-15-2)7-12-8-11(14)13-5-3-4-6-13/h10,12H,3-9H2,1-2H3. The molecule has 15 heavy (non-hydrogen) atoms. The van der Waals surface area contributed by atoms with Crippen LogP contribution in [0.5, 0.6) is 0 Å². The highest BCUT2D eigenvalue weighted by Gasteiger charge is 2.17. The summed E-state index contributed by atoms with van der Waals surface area (Å²) in [5.74, 6) is 0.693. The number of ether oxygens (including phenoxy) is 1. The Bertz CT molecular complexity index is 191. The lowest BCUT2D eigenvalue weighted by atomic mass is 10.2. The number of likely N-dealkylation sites (tertiary alicyclic amines) is 1. The van der Waals surface area contributed by atoms with E-state index in [1.165, 1.54) is 0 Å².